The highest BCUT2D eigenvalue weighted by molar-refractivity contribution is 6.30. The van der Waals surface area contributed by atoms with E-state index in [-0.39, 0.29) is 35.3 Å². The van der Waals surface area contributed by atoms with E-state index in [1.807, 2.05) is 48.5 Å². The van der Waals surface area contributed by atoms with Gasteiger partial charge in [-0.25, -0.2) is 0 Å². The maximum absolute atomic E-state index is 13.6. The summed E-state index contributed by atoms with van der Waals surface area (Å²) in [5.74, 6) is -0.464. The Morgan fingerprint density at radius 2 is 1.82 bits per heavy atom. The molecule has 0 spiro atoms. The van der Waals surface area contributed by atoms with E-state index in [4.69, 9.17) is 28.9 Å². The normalized spacial score (nSPS) is 28.0. The number of amides is 1. The molecule has 2 fully saturated rings. The summed E-state index contributed by atoms with van der Waals surface area (Å²) in [5.41, 5.74) is 8.15. The number of hydrogen-bond donors (Lipinski definition) is 4. The number of aliphatic hydroxyl groups is 1. The Kier molecular flexibility index (Phi) is 7.07. The Balaban J connectivity index is 1.78. The summed E-state index contributed by atoms with van der Waals surface area (Å²) < 4.78 is 0. The highest BCUT2D eigenvalue weighted by Gasteiger charge is 2.57. The topological polar surface area (TPSA) is 87.4 Å². The van der Waals surface area contributed by atoms with Crippen LogP contribution in [0.25, 0.3) is 0 Å². The Morgan fingerprint density at radius 3 is 2.38 bits per heavy atom. The zero-order chi connectivity index (χ0) is 24.7. The van der Waals surface area contributed by atoms with Gasteiger partial charge in [-0.3, -0.25) is 4.79 Å². The first-order valence-electron chi connectivity index (χ1n) is 11.9. The van der Waals surface area contributed by atoms with E-state index >= 15 is 0 Å². The van der Waals surface area contributed by atoms with Crippen molar-refractivity contribution in [3.8, 4) is 0 Å². The van der Waals surface area contributed by atoms with Gasteiger partial charge in [-0.2, -0.15) is 0 Å². The van der Waals surface area contributed by atoms with Crippen molar-refractivity contribution in [2.75, 3.05) is 13.2 Å². The van der Waals surface area contributed by atoms with Gasteiger partial charge in [-0.05, 0) is 60.1 Å². The number of carbonyl (C=O) groups is 1. The zero-order valence-corrected chi connectivity index (χ0v) is 21.6. The van der Waals surface area contributed by atoms with E-state index < -0.39 is 11.6 Å². The van der Waals surface area contributed by atoms with Crippen LogP contribution in [0.1, 0.15) is 57.1 Å². The summed E-state index contributed by atoms with van der Waals surface area (Å²) in [4.78, 5) is 13.6. The second-order valence-electron chi connectivity index (χ2n) is 11.3. The van der Waals surface area contributed by atoms with Crippen LogP contribution in [0.4, 0.5) is 0 Å². The predicted molar refractivity (Wildman–Crippen MR) is 138 cm³/mol. The van der Waals surface area contributed by atoms with Crippen LogP contribution in [0.2, 0.25) is 10.0 Å². The molecular formula is C27H35Cl2N3O2. The number of nitrogens with two attached hydrogens (primary N) is 1. The van der Waals surface area contributed by atoms with Gasteiger partial charge in [0.25, 0.3) is 0 Å². The van der Waals surface area contributed by atoms with Crippen molar-refractivity contribution in [1.29, 1.82) is 0 Å². The van der Waals surface area contributed by atoms with Crippen molar-refractivity contribution < 1.29 is 9.90 Å². The highest BCUT2D eigenvalue weighted by atomic mass is 35.5. The molecule has 0 radical (unpaired) electrons. The van der Waals surface area contributed by atoms with Crippen molar-refractivity contribution in [2.45, 2.75) is 63.6 Å². The van der Waals surface area contributed by atoms with Crippen LogP contribution < -0.4 is 16.4 Å². The molecule has 1 heterocycles. The Bertz CT molecular complexity index is 1030. The van der Waals surface area contributed by atoms with E-state index in [0.29, 0.717) is 16.6 Å². The molecule has 4 unspecified atom stereocenters. The second-order valence-corrected chi connectivity index (χ2v) is 12.2. The summed E-state index contributed by atoms with van der Waals surface area (Å²) >= 11 is 12.6. The lowest BCUT2D eigenvalue weighted by Gasteiger charge is -2.39. The quantitative estimate of drug-likeness (QED) is 0.444. The number of hydrogen-bond acceptors (Lipinski definition) is 4. The molecule has 1 saturated heterocycles. The summed E-state index contributed by atoms with van der Waals surface area (Å²) in [5, 5.41) is 17.7. The molecule has 34 heavy (non-hydrogen) atoms. The highest BCUT2D eigenvalue weighted by Crippen LogP contribution is 2.49. The fourth-order valence-corrected chi connectivity index (χ4v) is 5.58. The molecule has 1 saturated carbocycles. The van der Waals surface area contributed by atoms with Gasteiger partial charge < -0.3 is 21.5 Å². The monoisotopic (exact) mass is 503 g/mol. The average molecular weight is 505 g/mol. The lowest BCUT2D eigenvalue weighted by Crippen LogP contribution is -2.51. The van der Waals surface area contributed by atoms with Crippen molar-refractivity contribution in [3.63, 3.8) is 0 Å². The van der Waals surface area contributed by atoms with Gasteiger partial charge in [0.2, 0.25) is 5.91 Å². The zero-order valence-electron chi connectivity index (χ0n) is 20.1. The number of aliphatic hydroxyl groups excluding tert-OH is 1. The molecule has 7 heteroatoms. The van der Waals surface area contributed by atoms with Crippen molar-refractivity contribution in [3.05, 3.63) is 69.7 Å². The van der Waals surface area contributed by atoms with Gasteiger partial charge in [-0.15, -0.1) is 0 Å². The molecule has 0 bridgehead atoms. The van der Waals surface area contributed by atoms with Crippen LogP contribution in [-0.4, -0.2) is 36.2 Å². The lowest BCUT2D eigenvalue weighted by molar-refractivity contribution is -0.123. The standard InChI is InChI=1S/C27H35Cl2N3O2/c1-25(2,3)14-21-27(30,18-7-9-19(28)10-8-18)22(17-5-4-6-20(29)13-17)23(32-21)24(34)31-15-26(16-33)11-12-26/h4-10,13,21-23,32-33H,11-12,14-16,30H2,1-3H3,(H,31,34). The molecule has 0 aromatic heterocycles. The van der Waals surface area contributed by atoms with Crippen molar-refractivity contribution >= 4 is 29.1 Å². The van der Waals surface area contributed by atoms with Gasteiger partial charge in [0, 0.05) is 34.0 Å². The summed E-state index contributed by atoms with van der Waals surface area (Å²) in [6.45, 7) is 7.08. The van der Waals surface area contributed by atoms with E-state index in [2.05, 4.69) is 31.4 Å². The average Bonchev–Trinajstić information content (AvgIpc) is 3.50. The van der Waals surface area contributed by atoms with Crippen LogP contribution in [0.5, 0.6) is 0 Å². The third-order valence-electron chi connectivity index (χ3n) is 7.39. The molecule has 2 aliphatic rings. The minimum Gasteiger partial charge on any atom is -0.396 e. The first-order chi connectivity index (χ1) is 16.0. The van der Waals surface area contributed by atoms with Gasteiger partial charge in [0.15, 0.2) is 0 Å². The molecule has 4 rings (SSSR count). The maximum Gasteiger partial charge on any atom is 0.237 e. The van der Waals surface area contributed by atoms with E-state index in [1.54, 1.807) is 0 Å². The van der Waals surface area contributed by atoms with Crippen molar-refractivity contribution in [2.24, 2.45) is 16.6 Å². The third-order valence-corrected chi connectivity index (χ3v) is 7.87. The molecule has 4 atom stereocenters. The fourth-order valence-electron chi connectivity index (χ4n) is 5.25. The number of rotatable bonds is 7. The minimum absolute atomic E-state index is 0.0199. The third kappa shape index (κ3) is 5.14. The Labute approximate surface area is 212 Å². The first kappa shape index (κ1) is 25.5. The molecule has 5 N–H and O–H groups in total. The van der Waals surface area contributed by atoms with Crippen LogP contribution in [0.15, 0.2) is 48.5 Å². The fraction of sp³-hybridized carbons (Fsp3) is 0.519. The number of carbonyl (C=O) groups excluding carboxylic acids is 1. The largest absolute Gasteiger partial charge is 0.396 e. The Morgan fingerprint density at radius 1 is 1.15 bits per heavy atom. The van der Waals surface area contributed by atoms with Crippen LogP contribution in [-0.2, 0) is 10.3 Å². The molecule has 1 aliphatic carbocycles. The second kappa shape index (κ2) is 9.44. The number of halogens is 2. The van der Waals surface area contributed by atoms with Gasteiger partial charge >= 0.3 is 0 Å². The van der Waals surface area contributed by atoms with Gasteiger partial charge in [0.1, 0.15) is 0 Å². The number of benzene rings is 2. The van der Waals surface area contributed by atoms with E-state index in [0.717, 1.165) is 30.4 Å². The molecule has 2 aromatic rings. The SMILES string of the molecule is CC(C)(C)CC1NC(C(=O)NCC2(CO)CC2)C(c2cccc(Cl)c2)C1(N)c1ccc(Cl)cc1. The molecule has 184 valence electrons. The Hall–Kier alpha value is -1.63. The first-order valence-corrected chi connectivity index (χ1v) is 12.7. The maximum atomic E-state index is 13.6. The van der Waals surface area contributed by atoms with E-state index in [9.17, 15) is 9.90 Å². The smallest absolute Gasteiger partial charge is 0.237 e. The summed E-state index contributed by atoms with van der Waals surface area (Å²) in [6.07, 6.45) is 2.63. The van der Waals surface area contributed by atoms with Crippen molar-refractivity contribution in [1.82, 2.24) is 10.6 Å². The minimum atomic E-state index is -0.876. The van der Waals surface area contributed by atoms with Crippen LogP contribution in [0.3, 0.4) is 0 Å². The molecule has 2 aromatic carbocycles. The molecule has 5 nitrogen and oxygen atoms in total. The van der Waals surface area contributed by atoms with Crippen LogP contribution >= 0.6 is 23.2 Å². The summed E-state index contributed by atoms with van der Waals surface area (Å²) in [7, 11) is 0. The summed E-state index contributed by atoms with van der Waals surface area (Å²) in [6, 6.07) is 14.5. The van der Waals surface area contributed by atoms with E-state index in [1.165, 1.54) is 0 Å². The molecule has 1 amide bonds. The van der Waals surface area contributed by atoms with Crippen LogP contribution in [0, 0.1) is 10.8 Å². The predicted octanol–water partition coefficient (Wildman–Crippen LogP) is 4.60. The number of nitrogens with one attached hydrogen (secondary N) is 2. The molecular weight excluding hydrogens is 469 g/mol. The molecule has 1 aliphatic heterocycles. The van der Waals surface area contributed by atoms with Gasteiger partial charge in [-0.1, -0.05) is 68.2 Å². The van der Waals surface area contributed by atoms with Gasteiger partial charge in [0.05, 0.1) is 18.2 Å². The lowest BCUT2D eigenvalue weighted by atomic mass is 9.68.